The van der Waals surface area contributed by atoms with Crippen LogP contribution in [0.1, 0.15) is 31.4 Å². The summed E-state index contributed by atoms with van der Waals surface area (Å²) in [4.78, 5) is 4.39. The molecule has 0 bridgehead atoms. The van der Waals surface area contributed by atoms with Gasteiger partial charge in [0.2, 0.25) is 0 Å². The van der Waals surface area contributed by atoms with Crippen LogP contribution in [-0.2, 0) is 6.61 Å². The van der Waals surface area contributed by atoms with E-state index in [1.807, 2.05) is 36.5 Å². The Bertz CT molecular complexity index is 474. The predicted molar refractivity (Wildman–Crippen MR) is 68.1 cm³/mol. The highest BCUT2D eigenvalue weighted by atomic mass is 16.5. The van der Waals surface area contributed by atoms with E-state index in [0.29, 0.717) is 12.6 Å². The van der Waals surface area contributed by atoms with Gasteiger partial charge in [0, 0.05) is 17.9 Å². The van der Waals surface area contributed by atoms with Crippen LogP contribution in [0.2, 0.25) is 0 Å². The second-order valence-corrected chi connectivity index (χ2v) is 4.38. The van der Waals surface area contributed by atoms with E-state index in [2.05, 4.69) is 30.3 Å². The van der Waals surface area contributed by atoms with Crippen LogP contribution in [0.5, 0.6) is 5.75 Å². The number of nitrogens with zero attached hydrogens (tertiary/aromatic N) is 2. The van der Waals surface area contributed by atoms with E-state index in [1.54, 1.807) is 0 Å². The van der Waals surface area contributed by atoms with Gasteiger partial charge >= 0.3 is 0 Å². The average molecular weight is 230 g/mol. The Hall–Kier alpha value is -1.77. The van der Waals surface area contributed by atoms with Gasteiger partial charge in [-0.1, -0.05) is 18.2 Å². The van der Waals surface area contributed by atoms with Gasteiger partial charge in [0.15, 0.2) is 0 Å². The molecule has 0 fully saturated rings. The fourth-order valence-electron chi connectivity index (χ4n) is 1.97. The number of benzene rings is 1. The summed E-state index contributed by atoms with van der Waals surface area (Å²) >= 11 is 0. The Labute approximate surface area is 102 Å². The standard InChI is InChI=1S/C14H18N2O/c1-11(2)16-12(3)9-15-14(16)10-17-13-7-5-4-6-8-13/h4-9,11H,10H2,1-3H3. The molecule has 0 spiro atoms. The van der Waals surface area contributed by atoms with Gasteiger partial charge in [-0.2, -0.15) is 0 Å². The number of para-hydroxylation sites is 1. The number of imidazole rings is 1. The Morgan fingerprint density at radius 2 is 1.94 bits per heavy atom. The van der Waals surface area contributed by atoms with E-state index < -0.39 is 0 Å². The van der Waals surface area contributed by atoms with Gasteiger partial charge in [-0.25, -0.2) is 4.98 Å². The first-order chi connectivity index (χ1) is 8.18. The smallest absolute Gasteiger partial charge is 0.147 e. The quantitative estimate of drug-likeness (QED) is 0.805. The van der Waals surface area contributed by atoms with Crippen molar-refractivity contribution in [1.29, 1.82) is 0 Å². The highest BCUT2D eigenvalue weighted by Gasteiger charge is 2.10. The molecule has 0 amide bonds. The molecular formula is C14H18N2O. The zero-order chi connectivity index (χ0) is 12.3. The lowest BCUT2D eigenvalue weighted by atomic mass is 10.3. The lowest BCUT2D eigenvalue weighted by Gasteiger charge is -2.14. The summed E-state index contributed by atoms with van der Waals surface area (Å²) in [6.07, 6.45) is 1.89. The molecule has 0 saturated heterocycles. The van der Waals surface area contributed by atoms with Crippen LogP contribution in [0.4, 0.5) is 0 Å². The maximum Gasteiger partial charge on any atom is 0.147 e. The van der Waals surface area contributed by atoms with E-state index in [-0.39, 0.29) is 0 Å². The molecular weight excluding hydrogens is 212 g/mol. The fraction of sp³-hybridized carbons (Fsp3) is 0.357. The summed E-state index contributed by atoms with van der Waals surface area (Å²) in [5, 5.41) is 0. The minimum atomic E-state index is 0.409. The second-order valence-electron chi connectivity index (χ2n) is 4.38. The third-order valence-electron chi connectivity index (χ3n) is 2.69. The molecule has 0 aliphatic heterocycles. The van der Waals surface area contributed by atoms with Crippen LogP contribution in [0.15, 0.2) is 36.5 Å². The fourth-order valence-corrected chi connectivity index (χ4v) is 1.97. The first kappa shape index (κ1) is 11.7. The minimum absolute atomic E-state index is 0.409. The van der Waals surface area contributed by atoms with E-state index in [9.17, 15) is 0 Å². The zero-order valence-electron chi connectivity index (χ0n) is 10.6. The molecule has 1 aromatic carbocycles. The monoisotopic (exact) mass is 230 g/mol. The van der Waals surface area contributed by atoms with Gasteiger partial charge in [-0.3, -0.25) is 0 Å². The van der Waals surface area contributed by atoms with E-state index in [4.69, 9.17) is 4.74 Å². The molecule has 0 aliphatic rings. The molecule has 1 heterocycles. The van der Waals surface area contributed by atoms with Crippen molar-refractivity contribution in [2.45, 2.75) is 33.4 Å². The molecule has 3 heteroatoms. The molecule has 0 saturated carbocycles. The van der Waals surface area contributed by atoms with Crippen LogP contribution in [0, 0.1) is 6.92 Å². The summed E-state index contributed by atoms with van der Waals surface area (Å²) in [6, 6.07) is 10.2. The topological polar surface area (TPSA) is 27.1 Å². The molecule has 0 unspecified atom stereocenters. The first-order valence-electron chi connectivity index (χ1n) is 5.89. The van der Waals surface area contributed by atoms with Gasteiger partial charge in [-0.05, 0) is 32.9 Å². The Kier molecular flexibility index (Phi) is 3.47. The van der Waals surface area contributed by atoms with E-state index in [0.717, 1.165) is 11.6 Å². The summed E-state index contributed by atoms with van der Waals surface area (Å²) in [6.45, 7) is 6.89. The van der Waals surface area contributed by atoms with Gasteiger partial charge in [-0.15, -0.1) is 0 Å². The minimum Gasteiger partial charge on any atom is -0.486 e. The van der Waals surface area contributed by atoms with Crippen molar-refractivity contribution in [2.24, 2.45) is 0 Å². The molecule has 0 N–H and O–H groups in total. The Balaban J connectivity index is 2.09. The van der Waals surface area contributed by atoms with Crippen molar-refractivity contribution in [2.75, 3.05) is 0 Å². The van der Waals surface area contributed by atoms with E-state index >= 15 is 0 Å². The maximum absolute atomic E-state index is 5.71. The van der Waals surface area contributed by atoms with Gasteiger partial charge in [0.1, 0.15) is 18.2 Å². The molecule has 90 valence electrons. The lowest BCUT2D eigenvalue weighted by Crippen LogP contribution is -2.10. The third-order valence-corrected chi connectivity index (χ3v) is 2.69. The number of aromatic nitrogens is 2. The van der Waals surface area contributed by atoms with Crippen molar-refractivity contribution in [3.05, 3.63) is 48.0 Å². The van der Waals surface area contributed by atoms with Crippen LogP contribution in [-0.4, -0.2) is 9.55 Å². The lowest BCUT2D eigenvalue weighted by molar-refractivity contribution is 0.286. The van der Waals surface area contributed by atoms with Gasteiger partial charge in [0.05, 0.1) is 0 Å². The van der Waals surface area contributed by atoms with Crippen molar-refractivity contribution in [3.8, 4) is 5.75 Å². The summed E-state index contributed by atoms with van der Waals surface area (Å²) < 4.78 is 7.91. The van der Waals surface area contributed by atoms with Crippen LogP contribution in [0.25, 0.3) is 0 Å². The second kappa shape index (κ2) is 5.04. The van der Waals surface area contributed by atoms with Gasteiger partial charge < -0.3 is 9.30 Å². The SMILES string of the molecule is Cc1cnc(COc2ccccc2)n1C(C)C. The average Bonchev–Trinajstić information content (AvgIpc) is 2.69. The van der Waals surface area contributed by atoms with Crippen molar-refractivity contribution in [1.82, 2.24) is 9.55 Å². The molecule has 2 aromatic rings. The summed E-state index contributed by atoms with van der Waals surface area (Å²) in [5.41, 5.74) is 1.17. The molecule has 3 nitrogen and oxygen atoms in total. The third kappa shape index (κ3) is 2.67. The highest BCUT2D eigenvalue weighted by Crippen LogP contribution is 2.15. The molecule has 17 heavy (non-hydrogen) atoms. The summed E-state index contributed by atoms with van der Waals surface area (Å²) in [5.74, 6) is 1.85. The highest BCUT2D eigenvalue weighted by molar-refractivity contribution is 5.21. The maximum atomic E-state index is 5.71. The predicted octanol–water partition coefficient (Wildman–Crippen LogP) is 3.35. The number of ether oxygens (including phenoxy) is 1. The number of aryl methyl sites for hydroxylation is 1. The van der Waals surface area contributed by atoms with Crippen molar-refractivity contribution < 1.29 is 4.74 Å². The zero-order valence-corrected chi connectivity index (χ0v) is 10.6. The van der Waals surface area contributed by atoms with Crippen molar-refractivity contribution >= 4 is 0 Å². The number of hydrogen-bond donors (Lipinski definition) is 0. The molecule has 1 aromatic heterocycles. The summed E-state index contributed by atoms with van der Waals surface area (Å²) in [7, 11) is 0. The number of rotatable bonds is 4. The first-order valence-corrected chi connectivity index (χ1v) is 5.89. The van der Waals surface area contributed by atoms with Crippen LogP contribution in [0.3, 0.4) is 0 Å². The normalized spacial score (nSPS) is 10.8. The van der Waals surface area contributed by atoms with Crippen LogP contribution >= 0.6 is 0 Å². The van der Waals surface area contributed by atoms with Gasteiger partial charge in [0.25, 0.3) is 0 Å². The molecule has 0 radical (unpaired) electrons. The molecule has 0 atom stereocenters. The number of hydrogen-bond acceptors (Lipinski definition) is 2. The molecule has 0 aliphatic carbocycles. The van der Waals surface area contributed by atoms with E-state index in [1.165, 1.54) is 5.69 Å². The van der Waals surface area contributed by atoms with Crippen LogP contribution < -0.4 is 4.74 Å². The largest absolute Gasteiger partial charge is 0.486 e. The Morgan fingerprint density at radius 3 is 2.59 bits per heavy atom. The van der Waals surface area contributed by atoms with Crippen molar-refractivity contribution in [3.63, 3.8) is 0 Å². The molecule has 2 rings (SSSR count). The Morgan fingerprint density at radius 1 is 1.24 bits per heavy atom.